The van der Waals surface area contributed by atoms with Crippen LogP contribution in [0.1, 0.15) is 43.8 Å². The molecule has 1 aromatic rings. The molecule has 1 heterocycles. The summed E-state index contributed by atoms with van der Waals surface area (Å²) in [7, 11) is 0. The molecule has 3 nitrogen and oxygen atoms in total. The first-order chi connectivity index (χ1) is 8.16. The highest BCUT2D eigenvalue weighted by atomic mass is 35.5. The van der Waals surface area contributed by atoms with Crippen LogP contribution in [0.5, 0.6) is 0 Å². The van der Waals surface area contributed by atoms with Crippen LogP contribution in [0, 0.1) is 0 Å². The van der Waals surface area contributed by atoms with Gasteiger partial charge in [0.25, 0.3) is 0 Å². The summed E-state index contributed by atoms with van der Waals surface area (Å²) in [6.45, 7) is 0. The van der Waals surface area contributed by atoms with E-state index in [1.807, 2.05) is 0 Å². The van der Waals surface area contributed by atoms with Crippen LogP contribution in [0.15, 0.2) is 23.9 Å². The summed E-state index contributed by atoms with van der Waals surface area (Å²) in [4.78, 5) is 3.96. The Kier molecular flexibility index (Phi) is 4.02. The second-order valence-corrected chi connectivity index (χ2v) is 4.89. The average molecular weight is 253 g/mol. The van der Waals surface area contributed by atoms with Gasteiger partial charge in [0, 0.05) is 11.8 Å². The van der Waals surface area contributed by atoms with Gasteiger partial charge in [-0.05, 0) is 38.2 Å². The van der Waals surface area contributed by atoms with Crippen LogP contribution in [0.2, 0.25) is 5.02 Å². The summed E-state index contributed by atoms with van der Waals surface area (Å²) in [5.74, 6) is 0.360. The van der Waals surface area contributed by atoms with E-state index in [0.29, 0.717) is 22.8 Å². The molecule has 0 aromatic carbocycles. The number of allylic oxidation sites excluding steroid dienone is 1. The lowest BCUT2D eigenvalue weighted by Gasteiger charge is -2.17. The van der Waals surface area contributed by atoms with Gasteiger partial charge in [0.1, 0.15) is 5.82 Å². The first kappa shape index (κ1) is 12.4. The fraction of sp³-hybridized carbons (Fsp3) is 0.462. The Morgan fingerprint density at radius 1 is 1.47 bits per heavy atom. The summed E-state index contributed by atoms with van der Waals surface area (Å²) < 4.78 is 0. The zero-order valence-corrected chi connectivity index (χ0v) is 10.5. The molecule has 1 aliphatic carbocycles. The summed E-state index contributed by atoms with van der Waals surface area (Å²) in [5.41, 5.74) is 7.68. The van der Waals surface area contributed by atoms with Crippen LogP contribution in [-0.4, -0.2) is 10.1 Å². The molecule has 0 radical (unpaired) electrons. The summed E-state index contributed by atoms with van der Waals surface area (Å²) in [6, 6.07) is 1.69. The van der Waals surface area contributed by atoms with Crippen LogP contribution in [0.3, 0.4) is 0 Å². The van der Waals surface area contributed by atoms with Crippen molar-refractivity contribution in [1.82, 2.24) is 4.98 Å². The lowest BCUT2D eigenvalue weighted by molar-refractivity contribution is 0.177. The number of hydrogen-bond donors (Lipinski definition) is 2. The topological polar surface area (TPSA) is 59.1 Å². The third kappa shape index (κ3) is 3.20. The van der Waals surface area contributed by atoms with Crippen LogP contribution >= 0.6 is 11.6 Å². The van der Waals surface area contributed by atoms with Crippen molar-refractivity contribution >= 4 is 17.4 Å². The zero-order valence-electron chi connectivity index (χ0n) is 9.69. The minimum absolute atomic E-state index is 0.360. The second-order valence-electron chi connectivity index (χ2n) is 4.46. The Balaban J connectivity index is 2.10. The lowest BCUT2D eigenvalue weighted by Crippen LogP contribution is -2.06. The van der Waals surface area contributed by atoms with Crippen molar-refractivity contribution in [2.75, 3.05) is 5.73 Å². The Bertz CT molecular complexity index is 431. The van der Waals surface area contributed by atoms with Gasteiger partial charge in [-0.15, -0.1) is 0 Å². The number of aliphatic hydroxyl groups is 1. The van der Waals surface area contributed by atoms with Crippen molar-refractivity contribution in [3.8, 4) is 0 Å². The Morgan fingerprint density at radius 2 is 2.29 bits per heavy atom. The molecule has 0 saturated carbocycles. The van der Waals surface area contributed by atoms with E-state index in [-0.39, 0.29) is 0 Å². The number of hydrogen-bond acceptors (Lipinski definition) is 3. The minimum Gasteiger partial charge on any atom is -0.388 e. The fourth-order valence-electron chi connectivity index (χ4n) is 2.18. The fourth-order valence-corrected chi connectivity index (χ4v) is 2.35. The zero-order chi connectivity index (χ0) is 12.3. The third-order valence-corrected chi connectivity index (χ3v) is 3.32. The maximum Gasteiger partial charge on any atom is 0.129 e. The van der Waals surface area contributed by atoms with E-state index >= 15 is 0 Å². The van der Waals surface area contributed by atoms with Crippen molar-refractivity contribution < 1.29 is 5.11 Å². The molecule has 0 amide bonds. The van der Waals surface area contributed by atoms with Gasteiger partial charge in [-0.2, -0.15) is 0 Å². The van der Waals surface area contributed by atoms with Gasteiger partial charge in [-0.1, -0.05) is 23.3 Å². The molecule has 1 aliphatic rings. The normalized spacial score (nSPS) is 17.6. The molecular weight excluding hydrogens is 236 g/mol. The van der Waals surface area contributed by atoms with E-state index in [1.54, 1.807) is 6.07 Å². The minimum atomic E-state index is -0.606. The number of pyridine rings is 1. The predicted molar refractivity (Wildman–Crippen MR) is 69.8 cm³/mol. The Morgan fingerprint density at radius 3 is 3.00 bits per heavy atom. The van der Waals surface area contributed by atoms with Gasteiger partial charge in [0.15, 0.2) is 0 Å². The molecule has 1 atom stereocenters. The molecule has 92 valence electrons. The summed E-state index contributed by atoms with van der Waals surface area (Å²) >= 11 is 5.86. The maximum atomic E-state index is 10.2. The second kappa shape index (κ2) is 5.52. The van der Waals surface area contributed by atoms with E-state index in [4.69, 9.17) is 17.3 Å². The molecule has 0 saturated heterocycles. The SMILES string of the molecule is Nc1ncc(Cl)cc1C(O)CC1=CCCCC1. The molecule has 1 unspecified atom stereocenters. The highest BCUT2D eigenvalue weighted by molar-refractivity contribution is 6.30. The number of aromatic nitrogens is 1. The summed E-state index contributed by atoms with van der Waals surface area (Å²) in [6.07, 6.45) is 8.39. The standard InChI is InChI=1S/C13H17ClN2O/c14-10-7-11(13(15)16-8-10)12(17)6-9-4-2-1-3-5-9/h4,7-8,12,17H,1-3,5-6H2,(H2,15,16). The Hall–Kier alpha value is -1.06. The van der Waals surface area contributed by atoms with E-state index in [0.717, 1.165) is 12.8 Å². The molecule has 3 N–H and O–H groups in total. The maximum absolute atomic E-state index is 10.2. The number of aliphatic hydroxyl groups excluding tert-OH is 1. The van der Waals surface area contributed by atoms with Crippen LogP contribution in [0.4, 0.5) is 5.82 Å². The first-order valence-electron chi connectivity index (χ1n) is 5.93. The quantitative estimate of drug-likeness (QED) is 0.812. The van der Waals surface area contributed by atoms with Gasteiger partial charge in [-0.3, -0.25) is 0 Å². The van der Waals surface area contributed by atoms with Gasteiger partial charge < -0.3 is 10.8 Å². The predicted octanol–water partition coefficient (Wildman–Crippen LogP) is 3.24. The number of halogens is 1. The number of anilines is 1. The van der Waals surface area contributed by atoms with Gasteiger partial charge in [0.2, 0.25) is 0 Å². The number of nitrogens with two attached hydrogens (primary N) is 1. The molecule has 0 fully saturated rings. The van der Waals surface area contributed by atoms with Gasteiger partial charge >= 0.3 is 0 Å². The van der Waals surface area contributed by atoms with Crippen molar-refractivity contribution in [2.45, 2.75) is 38.2 Å². The molecule has 4 heteroatoms. The molecule has 17 heavy (non-hydrogen) atoms. The van der Waals surface area contributed by atoms with E-state index in [9.17, 15) is 5.11 Å². The largest absolute Gasteiger partial charge is 0.388 e. The first-order valence-corrected chi connectivity index (χ1v) is 6.31. The van der Waals surface area contributed by atoms with Crippen molar-refractivity contribution in [1.29, 1.82) is 0 Å². The smallest absolute Gasteiger partial charge is 0.129 e. The third-order valence-electron chi connectivity index (χ3n) is 3.12. The number of rotatable bonds is 3. The number of nitrogens with zero attached hydrogens (tertiary/aromatic N) is 1. The van der Waals surface area contributed by atoms with Gasteiger partial charge in [0.05, 0.1) is 11.1 Å². The van der Waals surface area contributed by atoms with Crippen molar-refractivity contribution in [3.05, 3.63) is 34.5 Å². The molecule has 1 aromatic heterocycles. The van der Waals surface area contributed by atoms with Crippen molar-refractivity contribution in [2.24, 2.45) is 0 Å². The molecule has 0 spiro atoms. The van der Waals surface area contributed by atoms with E-state index in [2.05, 4.69) is 11.1 Å². The average Bonchev–Trinajstić information content (AvgIpc) is 2.33. The monoisotopic (exact) mass is 252 g/mol. The van der Waals surface area contributed by atoms with Crippen LogP contribution in [0.25, 0.3) is 0 Å². The molecular formula is C13H17ClN2O. The molecule has 0 aliphatic heterocycles. The highest BCUT2D eigenvalue weighted by Gasteiger charge is 2.15. The van der Waals surface area contributed by atoms with E-state index < -0.39 is 6.10 Å². The van der Waals surface area contributed by atoms with Crippen LogP contribution < -0.4 is 5.73 Å². The Labute approximate surface area is 106 Å². The highest BCUT2D eigenvalue weighted by Crippen LogP contribution is 2.30. The van der Waals surface area contributed by atoms with E-state index in [1.165, 1.54) is 24.6 Å². The number of nitrogen functional groups attached to an aromatic ring is 1. The van der Waals surface area contributed by atoms with Crippen molar-refractivity contribution in [3.63, 3.8) is 0 Å². The van der Waals surface area contributed by atoms with Gasteiger partial charge in [-0.25, -0.2) is 4.98 Å². The summed E-state index contributed by atoms with van der Waals surface area (Å²) in [5, 5.41) is 10.7. The molecule has 2 rings (SSSR count). The molecule has 0 bridgehead atoms. The van der Waals surface area contributed by atoms with Crippen LogP contribution in [-0.2, 0) is 0 Å². The lowest BCUT2D eigenvalue weighted by atomic mass is 9.93.